The Labute approximate surface area is 124 Å². The van der Waals surface area contributed by atoms with Crippen LogP contribution >= 0.6 is 0 Å². The minimum absolute atomic E-state index is 0.268. The molecule has 21 heavy (non-hydrogen) atoms. The number of aliphatic hydroxyl groups is 1. The van der Waals surface area contributed by atoms with Gasteiger partial charge in [0.25, 0.3) is 0 Å². The number of nitrogens with zero attached hydrogens (tertiary/aromatic N) is 3. The second kappa shape index (κ2) is 6.41. The highest BCUT2D eigenvalue weighted by molar-refractivity contribution is 5.88. The van der Waals surface area contributed by atoms with Crippen molar-refractivity contribution < 1.29 is 9.90 Å². The standard InChI is InChI=1S/C15H20N4O2/c1-11-6-4-5-7-13(11)19-14(8-9-16-19)17-15(21)18(3)10-12(2)20/h4-9,12,20H,10H2,1-3H3,(H,17,21)/t12-/m1/s1. The second-order valence-corrected chi connectivity index (χ2v) is 5.07. The lowest BCUT2D eigenvalue weighted by Gasteiger charge is -2.19. The van der Waals surface area contributed by atoms with E-state index in [1.807, 2.05) is 31.2 Å². The molecule has 6 nitrogen and oxygen atoms in total. The fraction of sp³-hybridized carbons (Fsp3) is 0.333. The molecular weight excluding hydrogens is 268 g/mol. The molecule has 2 amide bonds. The minimum Gasteiger partial charge on any atom is -0.392 e. The van der Waals surface area contributed by atoms with Gasteiger partial charge in [-0.15, -0.1) is 0 Å². The van der Waals surface area contributed by atoms with E-state index in [1.165, 1.54) is 4.90 Å². The van der Waals surface area contributed by atoms with E-state index < -0.39 is 6.10 Å². The van der Waals surface area contributed by atoms with Crippen LogP contribution in [-0.2, 0) is 0 Å². The number of para-hydroxylation sites is 1. The molecule has 1 aromatic carbocycles. The lowest BCUT2D eigenvalue weighted by molar-refractivity contribution is 0.149. The molecule has 0 aliphatic heterocycles. The molecule has 0 bridgehead atoms. The molecule has 0 fully saturated rings. The van der Waals surface area contributed by atoms with Crippen LogP contribution in [0.5, 0.6) is 0 Å². The molecule has 2 rings (SSSR count). The third-order valence-electron chi connectivity index (χ3n) is 3.11. The molecule has 1 aromatic heterocycles. The number of benzene rings is 1. The van der Waals surface area contributed by atoms with Gasteiger partial charge in [0.15, 0.2) is 0 Å². The van der Waals surface area contributed by atoms with Crippen molar-refractivity contribution in [2.45, 2.75) is 20.0 Å². The number of carbonyl (C=O) groups excluding carboxylic acids is 1. The van der Waals surface area contributed by atoms with E-state index in [0.717, 1.165) is 11.3 Å². The van der Waals surface area contributed by atoms with Gasteiger partial charge in [0.2, 0.25) is 0 Å². The summed E-state index contributed by atoms with van der Waals surface area (Å²) in [7, 11) is 1.64. The molecule has 2 aromatic rings. The molecule has 112 valence electrons. The number of nitrogens with one attached hydrogen (secondary N) is 1. The summed E-state index contributed by atoms with van der Waals surface area (Å²) in [6.07, 6.45) is 1.07. The molecule has 0 spiro atoms. The molecule has 6 heteroatoms. The summed E-state index contributed by atoms with van der Waals surface area (Å²) in [5.41, 5.74) is 1.98. The van der Waals surface area contributed by atoms with Crippen molar-refractivity contribution in [1.82, 2.24) is 14.7 Å². The van der Waals surface area contributed by atoms with E-state index in [4.69, 9.17) is 0 Å². The van der Waals surface area contributed by atoms with Crippen molar-refractivity contribution in [2.24, 2.45) is 0 Å². The largest absolute Gasteiger partial charge is 0.392 e. The number of aryl methyl sites for hydroxylation is 1. The Hall–Kier alpha value is -2.34. The maximum atomic E-state index is 12.1. The Bertz CT molecular complexity index is 622. The zero-order valence-corrected chi connectivity index (χ0v) is 12.4. The SMILES string of the molecule is Cc1ccccc1-n1nccc1NC(=O)N(C)C[C@@H](C)O. The summed E-state index contributed by atoms with van der Waals surface area (Å²) >= 11 is 0. The van der Waals surface area contributed by atoms with Gasteiger partial charge < -0.3 is 10.0 Å². The number of hydrogen-bond acceptors (Lipinski definition) is 3. The van der Waals surface area contributed by atoms with Crippen LogP contribution in [0.4, 0.5) is 10.6 Å². The normalized spacial score (nSPS) is 12.0. The Balaban J connectivity index is 2.18. The summed E-state index contributed by atoms with van der Waals surface area (Å²) < 4.78 is 1.68. The van der Waals surface area contributed by atoms with Crippen molar-refractivity contribution in [3.05, 3.63) is 42.1 Å². The molecule has 2 N–H and O–H groups in total. The molecule has 0 radical (unpaired) electrons. The first-order valence-corrected chi connectivity index (χ1v) is 6.79. The highest BCUT2D eigenvalue weighted by atomic mass is 16.3. The van der Waals surface area contributed by atoms with Gasteiger partial charge in [0.05, 0.1) is 18.0 Å². The first-order chi connectivity index (χ1) is 9.99. The zero-order chi connectivity index (χ0) is 15.4. The number of likely N-dealkylation sites (N-methyl/N-ethyl adjacent to an activating group) is 1. The first-order valence-electron chi connectivity index (χ1n) is 6.79. The van der Waals surface area contributed by atoms with Crippen LogP contribution in [0.3, 0.4) is 0 Å². The summed E-state index contributed by atoms with van der Waals surface area (Å²) in [6.45, 7) is 3.90. The highest BCUT2D eigenvalue weighted by Gasteiger charge is 2.14. The number of amides is 2. The highest BCUT2D eigenvalue weighted by Crippen LogP contribution is 2.18. The lowest BCUT2D eigenvalue weighted by Crippen LogP contribution is -2.36. The monoisotopic (exact) mass is 288 g/mol. The van der Waals surface area contributed by atoms with Gasteiger partial charge in [0, 0.05) is 19.7 Å². The van der Waals surface area contributed by atoms with E-state index in [2.05, 4.69) is 10.4 Å². The number of anilines is 1. The van der Waals surface area contributed by atoms with Gasteiger partial charge >= 0.3 is 6.03 Å². The molecule has 1 heterocycles. The number of urea groups is 1. The third-order valence-corrected chi connectivity index (χ3v) is 3.11. The van der Waals surface area contributed by atoms with Crippen LogP contribution in [0.2, 0.25) is 0 Å². The van der Waals surface area contributed by atoms with E-state index in [0.29, 0.717) is 5.82 Å². The average molecular weight is 288 g/mol. The van der Waals surface area contributed by atoms with Crippen LogP contribution in [0, 0.1) is 6.92 Å². The van der Waals surface area contributed by atoms with Crippen LogP contribution in [0.1, 0.15) is 12.5 Å². The number of rotatable bonds is 4. The maximum Gasteiger partial charge on any atom is 0.322 e. The Morgan fingerprint density at radius 2 is 2.14 bits per heavy atom. The third kappa shape index (κ3) is 3.61. The van der Waals surface area contributed by atoms with Crippen molar-refractivity contribution in [1.29, 1.82) is 0 Å². The van der Waals surface area contributed by atoms with Crippen LogP contribution in [0.25, 0.3) is 5.69 Å². The Morgan fingerprint density at radius 3 is 2.81 bits per heavy atom. The summed E-state index contributed by atoms with van der Waals surface area (Å²) in [5.74, 6) is 0.590. The van der Waals surface area contributed by atoms with Gasteiger partial charge in [-0.25, -0.2) is 9.48 Å². The van der Waals surface area contributed by atoms with Gasteiger partial charge in [0.1, 0.15) is 5.82 Å². The van der Waals surface area contributed by atoms with Crippen molar-refractivity contribution in [3.8, 4) is 5.69 Å². The Kier molecular flexibility index (Phi) is 4.59. The van der Waals surface area contributed by atoms with Crippen molar-refractivity contribution in [3.63, 3.8) is 0 Å². The van der Waals surface area contributed by atoms with Crippen LogP contribution in [-0.4, -0.2) is 45.5 Å². The lowest BCUT2D eigenvalue weighted by atomic mass is 10.2. The van der Waals surface area contributed by atoms with E-state index in [-0.39, 0.29) is 12.6 Å². The van der Waals surface area contributed by atoms with Gasteiger partial charge in [-0.3, -0.25) is 5.32 Å². The predicted octanol–water partition coefficient (Wildman–Crippen LogP) is 2.03. The number of hydrogen-bond donors (Lipinski definition) is 2. The topological polar surface area (TPSA) is 70.4 Å². The quantitative estimate of drug-likeness (QED) is 0.904. The van der Waals surface area contributed by atoms with Crippen molar-refractivity contribution in [2.75, 3.05) is 18.9 Å². The number of aliphatic hydroxyl groups excluding tert-OH is 1. The summed E-state index contributed by atoms with van der Waals surface area (Å²) in [6, 6.07) is 9.26. The molecule has 0 aliphatic rings. The van der Waals surface area contributed by atoms with E-state index >= 15 is 0 Å². The molecule has 0 saturated carbocycles. The van der Waals surface area contributed by atoms with Gasteiger partial charge in [-0.2, -0.15) is 5.10 Å². The fourth-order valence-electron chi connectivity index (χ4n) is 2.08. The number of aromatic nitrogens is 2. The van der Waals surface area contributed by atoms with Gasteiger partial charge in [-0.1, -0.05) is 18.2 Å². The Morgan fingerprint density at radius 1 is 1.43 bits per heavy atom. The first kappa shape index (κ1) is 15.1. The minimum atomic E-state index is -0.568. The fourth-order valence-corrected chi connectivity index (χ4v) is 2.08. The smallest absolute Gasteiger partial charge is 0.322 e. The van der Waals surface area contributed by atoms with Crippen LogP contribution < -0.4 is 5.32 Å². The molecule has 0 unspecified atom stereocenters. The van der Waals surface area contributed by atoms with Gasteiger partial charge in [-0.05, 0) is 25.5 Å². The van der Waals surface area contributed by atoms with E-state index in [9.17, 15) is 9.90 Å². The predicted molar refractivity (Wildman–Crippen MR) is 81.6 cm³/mol. The van der Waals surface area contributed by atoms with E-state index in [1.54, 1.807) is 30.9 Å². The molecule has 1 atom stereocenters. The van der Waals surface area contributed by atoms with Crippen molar-refractivity contribution >= 4 is 11.8 Å². The molecule has 0 aliphatic carbocycles. The maximum absolute atomic E-state index is 12.1. The zero-order valence-electron chi connectivity index (χ0n) is 12.4. The second-order valence-electron chi connectivity index (χ2n) is 5.07. The summed E-state index contributed by atoms with van der Waals surface area (Å²) in [4.78, 5) is 13.5. The average Bonchev–Trinajstić information content (AvgIpc) is 2.86. The number of carbonyl (C=O) groups is 1. The molecular formula is C15H20N4O2. The van der Waals surface area contributed by atoms with Crippen LogP contribution in [0.15, 0.2) is 36.5 Å². The molecule has 0 saturated heterocycles. The summed E-state index contributed by atoms with van der Waals surface area (Å²) in [5, 5.41) is 16.4.